The van der Waals surface area contributed by atoms with E-state index in [9.17, 15) is 5.11 Å². The Bertz CT molecular complexity index is 497. The summed E-state index contributed by atoms with van der Waals surface area (Å²) in [4.78, 5) is 0. The first-order valence-electron chi connectivity index (χ1n) is 4.89. The molecule has 0 unspecified atom stereocenters. The lowest BCUT2D eigenvalue weighted by atomic mass is 9.93. The standard InChI is InChI=1S/C13H13BrO/c1-13(2,15)12-8-10(14)7-9-5-3-4-6-11(9)12/h3-8,15H,1-2H3. The molecule has 0 saturated carbocycles. The molecule has 0 fully saturated rings. The van der Waals surface area contributed by atoms with Gasteiger partial charge in [0.15, 0.2) is 0 Å². The SMILES string of the molecule is CC(C)(O)c1cc(Br)cc2ccccc12. The molecule has 15 heavy (non-hydrogen) atoms. The zero-order valence-corrected chi connectivity index (χ0v) is 10.4. The fourth-order valence-corrected chi connectivity index (χ4v) is 2.26. The molecule has 0 amide bonds. The van der Waals surface area contributed by atoms with Crippen molar-refractivity contribution in [3.63, 3.8) is 0 Å². The highest BCUT2D eigenvalue weighted by Crippen LogP contribution is 2.31. The molecule has 0 saturated heterocycles. The molecular formula is C13H13BrO. The third-order valence-corrected chi connectivity index (χ3v) is 2.94. The third kappa shape index (κ3) is 2.06. The summed E-state index contributed by atoms with van der Waals surface area (Å²) in [5.41, 5.74) is 0.135. The molecule has 0 aliphatic rings. The van der Waals surface area contributed by atoms with E-state index >= 15 is 0 Å². The van der Waals surface area contributed by atoms with Crippen LogP contribution in [0.3, 0.4) is 0 Å². The van der Waals surface area contributed by atoms with Gasteiger partial charge in [0.05, 0.1) is 5.60 Å². The largest absolute Gasteiger partial charge is 0.386 e. The fourth-order valence-electron chi connectivity index (χ4n) is 1.78. The van der Waals surface area contributed by atoms with Gasteiger partial charge in [-0.25, -0.2) is 0 Å². The van der Waals surface area contributed by atoms with Gasteiger partial charge in [0.25, 0.3) is 0 Å². The molecule has 2 heteroatoms. The lowest BCUT2D eigenvalue weighted by Gasteiger charge is -2.20. The van der Waals surface area contributed by atoms with Crippen LogP contribution in [0, 0.1) is 0 Å². The Morgan fingerprint density at radius 1 is 1.13 bits per heavy atom. The molecule has 0 heterocycles. The van der Waals surface area contributed by atoms with Crippen LogP contribution < -0.4 is 0 Å². The number of hydrogen-bond donors (Lipinski definition) is 1. The minimum atomic E-state index is -0.816. The van der Waals surface area contributed by atoms with Crippen LogP contribution in [-0.2, 0) is 5.60 Å². The topological polar surface area (TPSA) is 20.2 Å². The van der Waals surface area contributed by atoms with E-state index in [2.05, 4.69) is 28.1 Å². The molecule has 1 nitrogen and oxygen atoms in total. The van der Waals surface area contributed by atoms with Crippen molar-refractivity contribution in [2.24, 2.45) is 0 Å². The normalized spacial score (nSPS) is 12.0. The zero-order chi connectivity index (χ0) is 11.1. The molecule has 0 radical (unpaired) electrons. The molecule has 78 valence electrons. The van der Waals surface area contributed by atoms with Gasteiger partial charge in [-0.3, -0.25) is 0 Å². The van der Waals surface area contributed by atoms with Crippen LogP contribution in [0.5, 0.6) is 0 Å². The monoisotopic (exact) mass is 264 g/mol. The number of aliphatic hydroxyl groups is 1. The molecule has 0 aromatic heterocycles. The predicted octanol–water partition coefficient (Wildman–Crippen LogP) is 3.83. The van der Waals surface area contributed by atoms with Crippen LogP contribution in [0.25, 0.3) is 10.8 Å². The van der Waals surface area contributed by atoms with E-state index < -0.39 is 5.60 Å². The Hall–Kier alpha value is -0.860. The van der Waals surface area contributed by atoms with Crippen molar-refractivity contribution < 1.29 is 5.11 Å². The molecule has 0 aliphatic heterocycles. The number of rotatable bonds is 1. The number of halogens is 1. The first kappa shape index (κ1) is 10.7. The van der Waals surface area contributed by atoms with Gasteiger partial charge >= 0.3 is 0 Å². The van der Waals surface area contributed by atoms with Crippen LogP contribution >= 0.6 is 15.9 Å². The summed E-state index contributed by atoms with van der Waals surface area (Å²) in [5.74, 6) is 0. The lowest BCUT2D eigenvalue weighted by molar-refractivity contribution is 0.0801. The first-order valence-corrected chi connectivity index (χ1v) is 5.69. The van der Waals surface area contributed by atoms with E-state index in [1.807, 2.05) is 24.3 Å². The van der Waals surface area contributed by atoms with E-state index in [0.717, 1.165) is 20.8 Å². The van der Waals surface area contributed by atoms with Gasteiger partial charge < -0.3 is 5.11 Å². The highest BCUT2D eigenvalue weighted by Gasteiger charge is 2.19. The second-order valence-corrected chi connectivity index (χ2v) is 5.15. The summed E-state index contributed by atoms with van der Waals surface area (Å²) in [6, 6.07) is 12.1. The Labute approximate surface area is 97.9 Å². The molecule has 0 aliphatic carbocycles. The summed E-state index contributed by atoms with van der Waals surface area (Å²) in [6.45, 7) is 3.61. The van der Waals surface area contributed by atoms with Crippen molar-refractivity contribution in [1.29, 1.82) is 0 Å². The zero-order valence-electron chi connectivity index (χ0n) is 8.79. The highest BCUT2D eigenvalue weighted by molar-refractivity contribution is 9.10. The maximum absolute atomic E-state index is 10.1. The smallest absolute Gasteiger partial charge is 0.0846 e. The summed E-state index contributed by atoms with van der Waals surface area (Å²) in [7, 11) is 0. The fraction of sp³-hybridized carbons (Fsp3) is 0.231. The molecule has 1 N–H and O–H groups in total. The van der Waals surface area contributed by atoms with Crippen molar-refractivity contribution in [3.8, 4) is 0 Å². The van der Waals surface area contributed by atoms with Crippen molar-refractivity contribution in [2.45, 2.75) is 19.4 Å². The minimum absolute atomic E-state index is 0.816. The lowest BCUT2D eigenvalue weighted by Crippen LogP contribution is -2.15. The maximum Gasteiger partial charge on any atom is 0.0846 e. The molecular weight excluding hydrogens is 252 g/mol. The highest BCUT2D eigenvalue weighted by atomic mass is 79.9. The van der Waals surface area contributed by atoms with Crippen molar-refractivity contribution in [2.75, 3.05) is 0 Å². The molecule has 2 aromatic rings. The summed E-state index contributed by atoms with van der Waals surface area (Å²) in [5, 5.41) is 12.3. The van der Waals surface area contributed by atoms with Crippen LogP contribution in [0.2, 0.25) is 0 Å². The van der Waals surface area contributed by atoms with Crippen LogP contribution in [-0.4, -0.2) is 5.11 Å². The van der Waals surface area contributed by atoms with Gasteiger partial charge in [0.1, 0.15) is 0 Å². The molecule has 0 atom stereocenters. The molecule has 0 spiro atoms. The van der Waals surface area contributed by atoms with E-state index in [0.29, 0.717) is 0 Å². The minimum Gasteiger partial charge on any atom is -0.386 e. The predicted molar refractivity (Wildman–Crippen MR) is 66.9 cm³/mol. The van der Waals surface area contributed by atoms with Gasteiger partial charge in [0, 0.05) is 4.47 Å². The van der Waals surface area contributed by atoms with Crippen LogP contribution in [0.1, 0.15) is 19.4 Å². The van der Waals surface area contributed by atoms with E-state index in [1.165, 1.54) is 0 Å². The van der Waals surface area contributed by atoms with E-state index in [-0.39, 0.29) is 0 Å². The Morgan fingerprint density at radius 3 is 2.47 bits per heavy atom. The van der Waals surface area contributed by atoms with Gasteiger partial charge in [0.2, 0.25) is 0 Å². The molecule has 0 bridgehead atoms. The van der Waals surface area contributed by atoms with Gasteiger partial charge in [-0.1, -0.05) is 40.2 Å². The third-order valence-electron chi connectivity index (χ3n) is 2.49. The van der Waals surface area contributed by atoms with Gasteiger partial charge in [-0.2, -0.15) is 0 Å². The Morgan fingerprint density at radius 2 is 1.80 bits per heavy atom. The maximum atomic E-state index is 10.1. The molecule has 2 aromatic carbocycles. The first-order chi connectivity index (χ1) is 6.98. The Balaban J connectivity index is 2.83. The number of benzene rings is 2. The van der Waals surface area contributed by atoms with Crippen LogP contribution in [0.15, 0.2) is 40.9 Å². The second-order valence-electron chi connectivity index (χ2n) is 4.23. The average Bonchev–Trinajstić information content (AvgIpc) is 2.15. The molecule has 2 rings (SSSR count). The number of fused-ring (bicyclic) bond motifs is 1. The summed E-state index contributed by atoms with van der Waals surface area (Å²) >= 11 is 3.46. The van der Waals surface area contributed by atoms with E-state index in [1.54, 1.807) is 13.8 Å². The van der Waals surface area contributed by atoms with Crippen molar-refractivity contribution in [3.05, 3.63) is 46.4 Å². The second kappa shape index (κ2) is 3.62. The van der Waals surface area contributed by atoms with Gasteiger partial charge in [-0.15, -0.1) is 0 Å². The Kier molecular flexibility index (Phi) is 2.57. The van der Waals surface area contributed by atoms with Gasteiger partial charge in [-0.05, 0) is 42.3 Å². The summed E-state index contributed by atoms with van der Waals surface area (Å²) < 4.78 is 0.998. The van der Waals surface area contributed by atoms with Crippen molar-refractivity contribution in [1.82, 2.24) is 0 Å². The average molecular weight is 265 g/mol. The quantitative estimate of drug-likeness (QED) is 0.830. The van der Waals surface area contributed by atoms with E-state index in [4.69, 9.17) is 0 Å². The van der Waals surface area contributed by atoms with Crippen molar-refractivity contribution >= 4 is 26.7 Å². The summed E-state index contributed by atoms with van der Waals surface area (Å²) in [6.07, 6.45) is 0. The number of hydrogen-bond acceptors (Lipinski definition) is 1. The van der Waals surface area contributed by atoms with Crippen LogP contribution in [0.4, 0.5) is 0 Å².